The average Bonchev–Trinajstić information content (AvgIpc) is 2.68. The number of benzene rings is 2. The van der Waals surface area contributed by atoms with Gasteiger partial charge < -0.3 is 15.4 Å². The average molecular weight is 379 g/mol. The molecule has 0 saturated carbocycles. The zero-order chi connectivity index (χ0) is 19.2. The summed E-state index contributed by atoms with van der Waals surface area (Å²) in [7, 11) is 1.55. The number of carbonyl (C=O) groups is 1. The van der Waals surface area contributed by atoms with Crippen molar-refractivity contribution in [3.8, 4) is 11.8 Å². The zero-order valence-corrected chi connectivity index (χ0v) is 15.1. The summed E-state index contributed by atoms with van der Waals surface area (Å²) in [4.78, 5) is 16.6. The predicted octanol–water partition coefficient (Wildman–Crippen LogP) is 4.61. The summed E-state index contributed by atoms with van der Waals surface area (Å²) in [6.45, 7) is 0. The lowest BCUT2D eigenvalue weighted by Crippen LogP contribution is -2.12. The lowest BCUT2D eigenvalue weighted by Gasteiger charge is -2.10. The van der Waals surface area contributed by atoms with Crippen LogP contribution < -0.4 is 15.4 Å². The van der Waals surface area contributed by atoms with Gasteiger partial charge in [-0.25, -0.2) is 0 Å². The van der Waals surface area contributed by atoms with Crippen molar-refractivity contribution in [2.24, 2.45) is 0 Å². The van der Waals surface area contributed by atoms with E-state index in [0.29, 0.717) is 33.3 Å². The molecule has 134 valence electrons. The van der Waals surface area contributed by atoms with Gasteiger partial charge in [-0.05, 0) is 42.5 Å². The van der Waals surface area contributed by atoms with E-state index in [0.717, 1.165) is 5.69 Å². The van der Waals surface area contributed by atoms with E-state index in [9.17, 15) is 4.79 Å². The van der Waals surface area contributed by atoms with E-state index < -0.39 is 0 Å². The second kappa shape index (κ2) is 8.21. The summed E-state index contributed by atoms with van der Waals surface area (Å²) in [5.74, 6) is 0.252. The highest BCUT2D eigenvalue weighted by Gasteiger charge is 2.09. The van der Waals surface area contributed by atoms with Crippen LogP contribution in [0.2, 0.25) is 5.02 Å². The molecule has 0 fully saturated rings. The predicted molar refractivity (Wildman–Crippen MR) is 105 cm³/mol. The van der Waals surface area contributed by atoms with Gasteiger partial charge in [-0.2, -0.15) is 5.26 Å². The van der Waals surface area contributed by atoms with Crippen molar-refractivity contribution in [2.75, 3.05) is 17.7 Å². The molecule has 1 heterocycles. The van der Waals surface area contributed by atoms with Gasteiger partial charge in [0, 0.05) is 17.6 Å². The Morgan fingerprint density at radius 2 is 1.96 bits per heavy atom. The first-order valence-corrected chi connectivity index (χ1v) is 8.34. The number of amides is 1. The fourth-order valence-corrected chi connectivity index (χ4v) is 2.67. The quantitative estimate of drug-likeness (QED) is 0.676. The minimum atomic E-state index is -0.325. The van der Waals surface area contributed by atoms with Crippen LogP contribution in [0.25, 0.3) is 0 Å². The minimum absolute atomic E-state index is 0.325. The molecule has 2 aromatic carbocycles. The smallest absolute Gasteiger partial charge is 0.257 e. The fourth-order valence-electron chi connectivity index (χ4n) is 2.41. The molecule has 0 atom stereocenters. The van der Waals surface area contributed by atoms with Crippen molar-refractivity contribution in [2.45, 2.75) is 0 Å². The van der Waals surface area contributed by atoms with Crippen LogP contribution in [-0.4, -0.2) is 18.0 Å². The summed E-state index contributed by atoms with van der Waals surface area (Å²) in [5.41, 5.74) is 2.76. The molecule has 3 aromatic rings. The van der Waals surface area contributed by atoms with Crippen LogP contribution >= 0.6 is 11.6 Å². The van der Waals surface area contributed by atoms with Gasteiger partial charge in [0.25, 0.3) is 5.91 Å². The van der Waals surface area contributed by atoms with Crippen molar-refractivity contribution >= 4 is 34.6 Å². The number of anilines is 3. The van der Waals surface area contributed by atoms with E-state index in [1.807, 2.05) is 12.1 Å². The molecule has 0 aliphatic rings. The molecular formula is C20H15ClN4O2. The number of pyridine rings is 1. The van der Waals surface area contributed by atoms with Crippen molar-refractivity contribution in [1.29, 1.82) is 5.26 Å². The van der Waals surface area contributed by atoms with Crippen molar-refractivity contribution in [3.63, 3.8) is 0 Å². The minimum Gasteiger partial charge on any atom is -0.495 e. The zero-order valence-electron chi connectivity index (χ0n) is 14.4. The van der Waals surface area contributed by atoms with Crippen LogP contribution in [0.1, 0.15) is 15.9 Å². The number of aromatic nitrogens is 1. The first kappa shape index (κ1) is 18.2. The lowest BCUT2D eigenvalue weighted by atomic mass is 10.2. The maximum Gasteiger partial charge on any atom is 0.257 e. The molecule has 3 rings (SSSR count). The van der Waals surface area contributed by atoms with Gasteiger partial charge in [0.2, 0.25) is 0 Å². The molecule has 27 heavy (non-hydrogen) atoms. The molecule has 6 nitrogen and oxygen atoms in total. The molecule has 0 radical (unpaired) electrons. The van der Waals surface area contributed by atoms with Crippen LogP contribution in [0, 0.1) is 11.3 Å². The van der Waals surface area contributed by atoms with Crippen LogP contribution in [-0.2, 0) is 0 Å². The largest absolute Gasteiger partial charge is 0.495 e. The molecular weight excluding hydrogens is 364 g/mol. The second-order valence-corrected chi connectivity index (χ2v) is 5.99. The monoisotopic (exact) mass is 378 g/mol. The Hall–Kier alpha value is -3.56. The summed E-state index contributed by atoms with van der Waals surface area (Å²) in [6, 6.07) is 15.7. The van der Waals surface area contributed by atoms with Crippen LogP contribution in [0.15, 0.2) is 60.9 Å². The maximum atomic E-state index is 12.5. The molecule has 0 bridgehead atoms. The number of halogens is 1. The van der Waals surface area contributed by atoms with Gasteiger partial charge in [0.05, 0.1) is 41.2 Å². The van der Waals surface area contributed by atoms with Crippen LogP contribution in [0.5, 0.6) is 5.75 Å². The van der Waals surface area contributed by atoms with Crippen molar-refractivity contribution in [1.82, 2.24) is 4.98 Å². The summed E-state index contributed by atoms with van der Waals surface area (Å²) < 4.78 is 5.13. The summed E-state index contributed by atoms with van der Waals surface area (Å²) in [5, 5.41) is 15.3. The first-order valence-electron chi connectivity index (χ1n) is 7.96. The Kier molecular flexibility index (Phi) is 5.55. The van der Waals surface area contributed by atoms with Crippen molar-refractivity contribution in [3.05, 3.63) is 77.1 Å². The van der Waals surface area contributed by atoms with Crippen LogP contribution in [0.4, 0.5) is 17.1 Å². The van der Waals surface area contributed by atoms with Gasteiger partial charge in [-0.3, -0.25) is 9.78 Å². The molecule has 0 unspecified atom stereocenters. The Bertz CT molecular complexity index is 1030. The van der Waals surface area contributed by atoms with Gasteiger partial charge in [0.1, 0.15) is 5.75 Å². The SMILES string of the molecule is COc1ccc(Nc2cncc(C(=O)Nc3cccc(C#N)c3)c2)cc1Cl. The molecule has 0 aliphatic heterocycles. The Morgan fingerprint density at radius 3 is 2.70 bits per heavy atom. The van der Waals surface area contributed by atoms with Crippen molar-refractivity contribution < 1.29 is 9.53 Å². The van der Waals surface area contributed by atoms with Gasteiger partial charge >= 0.3 is 0 Å². The molecule has 7 heteroatoms. The molecule has 1 amide bonds. The third-order valence-corrected chi connectivity index (χ3v) is 3.99. The highest BCUT2D eigenvalue weighted by atomic mass is 35.5. The molecule has 0 aliphatic carbocycles. The normalized spacial score (nSPS) is 9.96. The summed E-state index contributed by atoms with van der Waals surface area (Å²) >= 11 is 6.12. The number of methoxy groups -OCH3 is 1. The molecule has 0 spiro atoms. The van der Waals surface area contributed by atoms with E-state index in [-0.39, 0.29) is 5.91 Å². The van der Waals surface area contributed by atoms with E-state index in [1.165, 1.54) is 6.20 Å². The van der Waals surface area contributed by atoms with Gasteiger partial charge in [-0.1, -0.05) is 17.7 Å². The molecule has 2 N–H and O–H groups in total. The van der Waals surface area contributed by atoms with E-state index in [4.69, 9.17) is 21.6 Å². The highest BCUT2D eigenvalue weighted by Crippen LogP contribution is 2.28. The number of rotatable bonds is 5. The third kappa shape index (κ3) is 4.54. The maximum absolute atomic E-state index is 12.5. The van der Waals surface area contributed by atoms with E-state index >= 15 is 0 Å². The Balaban J connectivity index is 1.75. The molecule has 1 aromatic heterocycles. The fraction of sp³-hybridized carbons (Fsp3) is 0.0500. The first-order chi connectivity index (χ1) is 13.1. The highest BCUT2D eigenvalue weighted by molar-refractivity contribution is 6.32. The summed E-state index contributed by atoms with van der Waals surface area (Å²) in [6.07, 6.45) is 3.07. The van der Waals surface area contributed by atoms with E-state index in [2.05, 4.69) is 15.6 Å². The topological polar surface area (TPSA) is 87.0 Å². The number of nitrogens with one attached hydrogen (secondary N) is 2. The number of nitrogens with zero attached hydrogens (tertiary/aromatic N) is 2. The second-order valence-electron chi connectivity index (χ2n) is 5.58. The van der Waals surface area contributed by atoms with Gasteiger partial charge in [0.15, 0.2) is 0 Å². The Morgan fingerprint density at radius 1 is 1.11 bits per heavy atom. The number of hydrogen-bond donors (Lipinski definition) is 2. The van der Waals surface area contributed by atoms with E-state index in [1.54, 1.807) is 55.8 Å². The third-order valence-electron chi connectivity index (χ3n) is 3.69. The number of hydrogen-bond acceptors (Lipinski definition) is 5. The van der Waals surface area contributed by atoms with Crippen LogP contribution in [0.3, 0.4) is 0 Å². The lowest BCUT2D eigenvalue weighted by molar-refractivity contribution is 0.102. The van der Waals surface area contributed by atoms with Gasteiger partial charge in [-0.15, -0.1) is 0 Å². The Labute approximate surface area is 161 Å². The number of carbonyl (C=O) groups excluding carboxylic acids is 1. The number of nitriles is 1. The molecule has 0 saturated heterocycles. The number of ether oxygens (including phenoxy) is 1. The standard InChI is InChI=1S/C20H15ClN4O2/c1-27-19-6-5-16(9-18(19)21)24-17-8-14(11-23-12-17)20(26)25-15-4-2-3-13(7-15)10-22/h2-9,11-12,24H,1H3,(H,25,26).